The number of carbonyl (C=O) groups excluding carboxylic acids is 1. The van der Waals surface area contributed by atoms with Gasteiger partial charge < -0.3 is 4.90 Å². The third kappa shape index (κ3) is 4.45. The summed E-state index contributed by atoms with van der Waals surface area (Å²) in [6.45, 7) is 8.86. The normalized spacial score (nSPS) is 20.3. The van der Waals surface area contributed by atoms with Gasteiger partial charge in [-0.25, -0.2) is 0 Å². The van der Waals surface area contributed by atoms with Crippen LogP contribution in [0.15, 0.2) is 24.3 Å². The smallest absolute Gasteiger partial charge is 0.137 e. The molecule has 2 nitrogen and oxygen atoms in total. The van der Waals surface area contributed by atoms with Gasteiger partial charge in [-0.3, -0.25) is 4.79 Å². The third-order valence-electron chi connectivity index (χ3n) is 4.28. The van der Waals surface area contributed by atoms with E-state index in [4.69, 9.17) is 0 Å². The van der Waals surface area contributed by atoms with Crippen LogP contribution in [0.25, 0.3) is 0 Å². The molecule has 0 unspecified atom stereocenters. The van der Waals surface area contributed by atoms with Gasteiger partial charge in [0.15, 0.2) is 0 Å². The first-order valence-corrected chi connectivity index (χ1v) is 7.86. The molecule has 0 spiro atoms. The Morgan fingerprint density at radius 1 is 1.40 bits per heavy atom. The SMILES string of the molecule is Cc1cccc(CC(=O)C[C@@H]2CCCN(C(C)C)C2)c1. The molecule has 1 aromatic carbocycles. The van der Waals surface area contributed by atoms with Crippen LogP contribution in [-0.4, -0.2) is 29.8 Å². The lowest BCUT2D eigenvalue weighted by Gasteiger charge is -2.35. The van der Waals surface area contributed by atoms with Crippen molar-refractivity contribution < 1.29 is 4.79 Å². The van der Waals surface area contributed by atoms with Gasteiger partial charge >= 0.3 is 0 Å². The molecule has 1 aliphatic rings. The van der Waals surface area contributed by atoms with E-state index < -0.39 is 0 Å². The standard InChI is InChI=1S/C18H27NO/c1-14(2)19-9-5-8-17(13-19)12-18(20)11-16-7-4-6-15(3)10-16/h4,6-7,10,14,17H,5,8-9,11-13H2,1-3H3/t17-/m0/s1. The Kier molecular flexibility index (Phi) is 5.36. The third-order valence-corrected chi connectivity index (χ3v) is 4.28. The highest BCUT2D eigenvalue weighted by atomic mass is 16.1. The summed E-state index contributed by atoms with van der Waals surface area (Å²) in [5.41, 5.74) is 2.39. The molecule has 1 saturated heterocycles. The van der Waals surface area contributed by atoms with Crippen LogP contribution in [0.3, 0.4) is 0 Å². The molecule has 0 aliphatic carbocycles. The number of hydrogen-bond donors (Lipinski definition) is 0. The highest BCUT2D eigenvalue weighted by Crippen LogP contribution is 2.22. The quantitative estimate of drug-likeness (QED) is 0.816. The summed E-state index contributed by atoms with van der Waals surface area (Å²) in [7, 11) is 0. The second-order valence-electron chi connectivity index (χ2n) is 6.51. The molecule has 1 atom stereocenters. The minimum atomic E-state index is 0.395. The maximum Gasteiger partial charge on any atom is 0.137 e. The van der Waals surface area contributed by atoms with E-state index in [-0.39, 0.29) is 0 Å². The molecule has 1 aromatic rings. The van der Waals surface area contributed by atoms with Gasteiger partial charge in [0.2, 0.25) is 0 Å². The van der Waals surface area contributed by atoms with Crippen LogP contribution in [0.5, 0.6) is 0 Å². The lowest BCUT2D eigenvalue weighted by molar-refractivity contribution is -0.119. The maximum atomic E-state index is 12.2. The van der Waals surface area contributed by atoms with Crippen LogP contribution < -0.4 is 0 Å². The zero-order valence-electron chi connectivity index (χ0n) is 13.1. The molecule has 0 N–H and O–H groups in total. The molecule has 0 aromatic heterocycles. The van der Waals surface area contributed by atoms with E-state index in [9.17, 15) is 4.79 Å². The lowest BCUT2D eigenvalue weighted by Crippen LogP contribution is -2.40. The van der Waals surface area contributed by atoms with Gasteiger partial charge in [0.1, 0.15) is 5.78 Å². The molecule has 1 aliphatic heterocycles. The average Bonchev–Trinajstić information content (AvgIpc) is 2.38. The number of carbonyl (C=O) groups is 1. The van der Waals surface area contributed by atoms with E-state index in [0.717, 1.165) is 18.5 Å². The van der Waals surface area contributed by atoms with Crippen LogP contribution in [0.4, 0.5) is 0 Å². The van der Waals surface area contributed by atoms with Crippen LogP contribution in [0, 0.1) is 12.8 Å². The highest BCUT2D eigenvalue weighted by molar-refractivity contribution is 5.81. The number of aryl methyl sites for hydroxylation is 1. The Morgan fingerprint density at radius 3 is 2.90 bits per heavy atom. The highest BCUT2D eigenvalue weighted by Gasteiger charge is 2.23. The van der Waals surface area contributed by atoms with Crippen molar-refractivity contribution in [1.82, 2.24) is 4.90 Å². The molecular weight excluding hydrogens is 246 g/mol. The second kappa shape index (κ2) is 7.03. The summed E-state index contributed by atoms with van der Waals surface area (Å²) in [6.07, 6.45) is 3.79. The molecular formula is C18H27NO. The van der Waals surface area contributed by atoms with Gasteiger partial charge in [0, 0.05) is 25.4 Å². The average molecular weight is 273 g/mol. The van der Waals surface area contributed by atoms with Crippen molar-refractivity contribution in [2.45, 2.75) is 52.5 Å². The summed E-state index contributed by atoms with van der Waals surface area (Å²) >= 11 is 0. The molecule has 0 amide bonds. The first-order chi connectivity index (χ1) is 9.54. The van der Waals surface area contributed by atoms with E-state index in [2.05, 4.69) is 43.9 Å². The number of Topliss-reactive ketones (excluding diaryl/α,β-unsaturated/α-hetero) is 1. The summed E-state index contributed by atoms with van der Waals surface area (Å²) in [5, 5.41) is 0. The number of rotatable bonds is 5. The summed E-state index contributed by atoms with van der Waals surface area (Å²) in [6, 6.07) is 8.91. The predicted molar refractivity (Wildman–Crippen MR) is 83.9 cm³/mol. The van der Waals surface area contributed by atoms with Gasteiger partial charge in [-0.15, -0.1) is 0 Å². The number of nitrogens with zero attached hydrogens (tertiary/aromatic N) is 1. The molecule has 2 heteroatoms. The molecule has 2 rings (SSSR count). The summed E-state index contributed by atoms with van der Waals surface area (Å²) in [4.78, 5) is 14.8. The largest absolute Gasteiger partial charge is 0.301 e. The Balaban J connectivity index is 1.85. The fraction of sp³-hybridized carbons (Fsp3) is 0.611. The van der Waals surface area contributed by atoms with Crippen molar-refractivity contribution >= 4 is 5.78 Å². The van der Waals surface area contributed by atoms with Gasteiger partial charge in [0.25, 0.3) is 0 Å². The minimum absolute atomic E-state index is 0.395. The molecule has 20 heavy (non-hydrogen) atoms. The van der Waals surface area contributed by atoms with Crippen LogP contribution >= 0.6 is 0 Å². The van der Waals surface area contributed by atoms with Crippen LogP contribution in [0.2, 0.25) is 0 Å². The first kappa shape index (κ1) is 15.2. The van der Waals surface area contributed by atoms with Gasteiger partial charge in [-0.05, 0) is 51.6 Å². The number of hydrogen-bond acceptors (Lipinski definition) is 2. The predicted octanol–water partition coefficient (Wildman–Crippen LogP) is 3.62. The van der Waals surface area contributed by atoms with Crippen LogP contribution in [0.1, 0.15) is 44.2 Å². The topological polar surface area (TPSA) is 20.3 Å². The van der Waals surface area contributed by atoms with Gasteiger partial charge in [0.05, 0.1) is 0 Å². The number of ketones is 1. The van der Waals surface area contributed by atoms with Crippen molar-refractivity contribution in [3.8, 4) is 0 Å². The van der Waals surface area contributed by atoms with E-state index in [1.807, 2.05) is 6.07 Å². The molecule has 0 bridgehead atoms. The minimum Gasteiger partial charge on any atom is -0.301 e. The molecule has 0 saturated carbocycles. The summed E-state index contributed by atoms with van der Waals surface area (Å²) < 4.78 is 0. The number of likely N-dealkylation sites (tertiary alicyclic amines) is 1. The second-order valence-corrected chi connectivity index (χ2v) is 6.51. The Morgan fingerprint density at radius 2 is 2.20 bits per heavy atom. The van der Waals surface area contributed by atoms with Crippen molar-refractivity contribution in [3.63, 3.8) is 0 Å². The van der Waals surface area contributed by atoms with Crippen molar-refractivity contribution in [1.29, 1.82) is 0 Å². The zero-order valence-corrected chi connectivity index (χ0v) is 13.1. The lowest BCUT2D eigenvalue weighted by atomic mass is 9.90. The van der Waals surface area contributed by atoms with Gasteiger partial charge in [-0.1, -0.05) is 29.8 Å². The van der Waals surface area contributed by atoms with E-state index in [0.29, 0.717) is 24.2 Å². The van der Waals surface area contributed by atoms with Crippen LogP contribution in [-0.2, 0) is 11.2 Å². The number of benzene rings is 1. The number of piperidine rings is 1. The van der Waals surface area contributed by atoms with Crippen molar-refractivity contribution in [2.75, 3.05) is 13.1 Å². The maximum absolute atomic E-state index is 12.2. The first-order valence-electron chi connectivity index (χ1n) is 7.86. The molecule has 0 radical (unpaired) electrons. The van der Waals surface area contributed by atoms with E-state index in [1.165, 1.54) is 24.9 Å². The Labute approximate surface area is 123 Å². The fourth-order valence-electron chi connectivity index (χ4n) is 3.18. The van der Waals surface area contributed by atoms with E-state index >= 15 is 0 Å². The Hall–Kier alpha value is -1.15. The van der Waals surface area contributed by atoms with Crippen molar-refractivity contribution in [2.24, 2.45) is 5.92 Å². The Bertz CT molecular complexity index is 452. The fourth-order valence-corrected chi connectivity index (χ4v) is 3.18. The van der Waals surface area contributed by atoms with Crippen molar-refractivity contribution in [3.05, 3.63) is 35.4 Å². The summed E-state index contributed by atoms with van der Waals surface area (Å²) in [5.74, 6) is 0.953. The molecule has 1 fully saturated rings. The zero-order chi connectivity index (χ0) is 14.5. The molecule has 110 valence electrons. The van der Waals surface area contributed by atoms with E-state index in [1.54, 1.807) is 0 Å². The molecule has 1 heterocycles. The van der Waals surface area contributed by atoms with Gasteiger partial charge in [-0.2, -0.15) is 0 Å². The monoisotopic (exact) mass is 273 g/mol.